The third kappa shape index (κ3) is 3.04. The third-order valence-electron chi connectivity index (χ3n) is 4.71. The SMILES string of the molecule is Cc1cccc(-c2noc(C3CCN(CC4CC4)CC3)n2)n1. The fourth-order valence-corrected chi connectivity index (χ4v) is 3.20. The van der Waals surface area contributed by atoms with Crippen LogP contribution in [0.5, 0.6) is 0 Å². The van der Waals surface area contributed by atoms with Crippen LogP contribution in [0.15, 0.2) is 22.7 Å². The fourth-order valence-electron chi connectivity index (χ4n) is 3.20. The maximum Gasteiger partial charge on any atom is 0.230 e. The Bertz CT molecular complexity index is 642. The number of aromatic nitrogens is 3. The number of hydrogen-bond donors (Lipinski definition) is 0. The Kier molecular flexibility index (Phi) is 3.66. The van der Waals surface area contributed by atoms with E-state index in [2.05, 4.69) is 20.0 Å². The number of piperidine rings is 1. The second-order valence-corrected chi connectivity index (χ2v) is 6.64. The summed E-state index contributed by atoms with van der Waals surface area (Å²) >= 11 is 0. The zero-order valence-corrected chi connectivity index (χ0v) is 13.0. The van der Waals surface area contributed by atoms with Crippen LogP contribution in [0.1, 0.15) is 43.2 Å². The van der Waals surface area contributed by atoms with Crippen molar-refractivity contribution < 1.29 is 4.52 Å². The molecule has 5 heteroatoms. The summed E-state index contributed by atoms with van der Waals surface area (Å²) in [5.41, 5.74) is 1.76. The Labute approximate surface area is 130 Å². The first kappa shape index (κ1) is 13.9. The second-order valence-electron chi connectivity index (χ2n) is 6.64. The molecule has 1 aliphatic carbocycles. The molecule has 2 aromatic rings. The minimum absolute atomic E-state index is 0.404. The van der Waals surface area contributed by atoms with Crippen molar-refractivity contribution in [3.8, 4) is 11.5 Å². The lowest BCUT2D eigenvalue weighted by atomic mass is 9.96. The van der Waals surface area contributed by atoms with Gasteiger partial charge in [-0.15, -0.1) is 0 Å². The van der Waals surface area contributed by atoms with Crippen LogP contribution in [-0.2, 0) is 0 Å². The fraction of sp³-hybridized carbons (Fsp3) is 0.588. The monoisotopic (exact) mass is 298 g/mol. The van der Waals surface area contributed by atoms with Crippen molar-refractivity contribution in [2.24, 2.45) is 5.92 Å². The minimum atomic E-state index is 0.404. The molecule has 1 saturated heterocycles. The van der Waals surface area contributed by atoms with Crippen molar-refractivity contribution >= 4 is 0 Å². The maximum absolute atomic E-state index is 5.51. The summed E-state index contributed by atoms with van der Waals surface area (Å²) in [6.07, 6.45) is 5.10. The molecule has 4 rings (SSSR count). The van der Waals surface area contributed by atoms with E-state index in [1.807, 2.05) is 25.1 Å². The van der Waals surface area contributed by atoms with Gasteiger partial charge >= 0.3 is 0 Å². The van der Waals surface area contributed by atoms with E-state index in [9.17, 15) is 0 Å². The van der Waals surface area contributed by atoms with E-state index in [-0.39, 0.29) is 0 Å². The Morgan fingerprint density at radius 2 is 1.95 bits per heavy atom. The first-order chi connectivity index (χ1) is 10.8. The van der Waals surface area contributed by atoms with Crippen molar-refractivity contribution in [1.82, 2.24) is 20.0 Å². The van der Waals surface area contributed by atoms with Crippen LogP contribution >= 0.6 is 0 Å². The Morgan fingerprint density at radius 1 is 1.14 bits per heavy atom. The van der Waals surface area contributed by atoms with E-state index < -0.39 is 0 Å². The molecule has 0 spiro atoms. The van der Waals surface area contributed by atoms with Crippen LogP contribution in [0.4, 0.5) is 0 Å². The highest BCUT2D eigenvalue weighted by Gasteiger charge is 2.29. The van der Waals surface area contributed by atoms with E-state index in [1.165, 1.54) is 19.4 Å². The van der Waals surface area contributed by atoms with Gasteiger partial charge in [-0.05, 0) is 63.7 Å². The molecule has 0 amide bonds. The van der Waals surface area contributed by atoms with Crippen LogP contribution < -0.4 is 0 Å². The molecule has 3 heterocycles. The second kappa shape index (κ2) is 5.80. The van der Waals surface area contributed by atoms with E-state index in [4.69, 9.17) is 4.52 Å². The molecule has 2 aliphatic rings. The van der Waals surface area contributed by atoms with Gasteiger partial charge in [0, 0.05) is 18.2 Å². The number of likely N-dealkylation sites (tertiary alicyclic amines) is 1. The highest BCUT2D eigenvalue weighted by atomic mass is 16.5. The molecule has 2 fully saturated rings. The summed E-state index contributed by atoms with van der Waals surface area (Å²) in [5, 5.41) is 4.12. The number of rotatable bonds is 4. The van der Waals surface area contributed by atoms with Crippen molar-refractivity contribution in [2.45, 2.75) is 38.5 Å². The summed E-state index contributed by atoms with van der Waals surface area (Å²) in [6, 6.07) is 5.88. The van der Waals surface area contributed by atoms with Gasteiger partial charge < -0.3 is 9.42 Å². The van der Waals surface area contributed by atoms with Gasteiger partial charge in [0.1, 0.15) is 5.69 Å². The number of hydrogen-bond acceptors (Lipinski definition) is 5. The third-order valence-corrected chi connectivity index (χ3v) is 4.71. The summed E-state index contributed by atoms with van der Waals surface area (Å²) in [4.78, 5) is 11.6. The predicted octanol–water partition coefficient (Wildman–Crippen LogP) is 3.03. The molecular weight excluding hydrogens is 276 g/mol. The normalized spacial score (nSPS) is 20.4. The van der Waals surface area contributed by atoms with Crippen molar-refractivity contribution in [3.05, 3.63) is 29.8 Å². The van der Waals surface area contributed by atoms with Crippen molar-refractivity contribution in [1.29, 1.82) is 0 Å². The average molecular weight is 298 g/mol. The molecule has 22 heavy (non-hydrogen) atoms. The minimum Gasteiger partial charge on any atom is -0.339 e. The molecule has 1 aliphatic heterocycles. The summed E-state index contributed by atoms with van der Waals surface area (Å²) < 4.78 is 5.51. The highest BCUT2D eigenvalue weighted by Crippen LogP contribution is 2.33. The number of nitrogens with zero attached hydrogens (tertiary/aromatic N) is 4. The lowest BCUT2D eigenvalue weighted by Crippen LogP contribution is -2.34. The van der Waals surface area contributed by atoms with Crippen molar-refractivity contribution in [3.63, 3.8) is 0 Å². The molecular formula is C17H22N4O. The quantitative estimate of drug-likeness (QED) is 0.868. The molecule has 116 valence electrons. The van der Waals surface area contributed by atoms with Gasteiger partial charge in [-0.1, -0.05) is 11.2 Å². The maximum atomic E-state index is 5.51. The summed E-state index contributed by atoms with van der Waals surface area (Å²) in [7, 11) is 0. The molecule has 0 bridgehead atoms. The highest BCUT2D eigenvalue weighted by molar-refractivity contribution is 5.48. The molecule has 5 nitrogen and oxygen atoms in total. The molecule has 1 saturated carbocycles. The molecule has 0 aromatic carbocycles. The first-order valence-corrected chi connectivity index (χ1v) is 8.28. The topological polar surface area (TPSA) is 55.1 Å². The Hall–Kier alpha value is -1.75. The van der Waals surface area contributed by atoms with Gasteiger partial charge in [-0.3, -0.25) is 0 Å². The van der Waals surface area contributed by atoms with Crippen LogP contribution in [0.2, 0.25) is 0 Å². The summed E-state index contributed by atoms with van der Waals surface area (Å²) in [5.74, 6) is 2.77. The standard InChI is InChI=1S/C17H22N4O/c1-12-3-2-4-15(18-12)16-19-17(22-20-16)14-7-9-21(10-8-14)11-13-5-6-13/h2-4,13-14H,5-11H2,1H3. The Morgan fingerprint density at radius 3 is 2.68 bits per heavy atom. The van der Waals surface area contributed by atoms with E-state index in [0.29, 0.717) is 11.7 Å². The predicted molar refractivity (Wildman–Crippen MR) is 83.4 cm³/mol. The smallest absolute Gasteiger partial charge is 0.230 e. The molecule has 0 radical (unpaired) electrons. The lowest BCUT2D eigenvalue weighted by Gasteiger charge is -2.30. The van der Waals surface area contributed by atoms with Crippen LogP contribution in [0.25, 0.3) is 11.5 Å². The zero-order chi connectivity index (χ0) is 14.9. The van der Waals surface area contributed by atoms with Gasteiger partial charge in [-0.2, -0.15) is 4.98 Å². The van der Waals surface area contributed by atoms with Gasteiger partial charge in [0.2, 0.25) is 11.7 Å². The van der Waals surface area contributed by atoms with Crippen LogP contribution in [-0.4, -0.2) is 39.7 Å². The van der Waals surface area contributed by atoms with Gasteiger partial charge in [-0.25, -0.2) is 4.98 Å². The molecule has 2 aromatic heterocycles. The number of pyridine rings is 1. The van der Waals surface area contributed by atoms with Gasteiger partial charge in [0.25, 0.3) is 0 Å². The van der Waals surface area contributed by atoms with Crippen LogP contribution in [0, 0.1) is 12.8 Å². The van der Waals surface area contributed by atoms with E-state index >= 15 is 0 Å². The van der Waals surface area contributed by atoms with Crippen molar-refractivity contribution in [2.75, 3.05) is 19.6 Å². The summed E-state index contributed by atoms with van der Waals surface area (Å²) in [6.45, 7) is 5.57. The molecule has 0 atom stereocenters. The van der Waals surface area contributed by atoms with Crippen LogP contribution in [0.3, 0.4) is 0 Å². The largest absolute Gasteiger partial charge is 0.339 e. The van der Waals surface area contributed by atoms with E-state index in [0.717, 1.165) is 49.1 Å². The molecule has 0 unspecified atom stereocenters. The molecule has 0 N–H and O–H groups in total. The van der Waals surface area contributed by atoms with Gasteiger partial charge in [0.05, 0.1) is 0 Å². The number of aryl methyl sites for hydroxylation is 1. The van der Waals surface area contributed by atoms with Gasteiger partial charge in [0.15, 0.2) is 0 Å². The lowest BCUT2D eigenvalue weighted by molar-refractivity contribution is 0.188. The zero-order valence-electron chi connectivity index (χ0n) is 13.0. The first-order valence-electron chi connectivity index (χ1n) is 8.28. The van der Waals surface area contributed by atoms with E-state index in [1.54, 1.807) is 0 Å². The Balaban J connectivity index is 1.41. The average Bonchev–Trinajstić information content (AvgIpc) is 3.21.